The molecular weight excluding hydrogens is 360 g/mol. The Morgan fingerprint density at radius 1 is 1.19 bits per heavy atom. The van der Waals surface area contributed by atoms with E-state index in [1.54, 1.807) is 0 Å². The van der Waals surface area contributed by atoms with Crippen molar-refractivity contribution in [2.75, 3.05) is 27.2 Å². The largest absolute Gasteiger partial charge is 0.492 e. The Bertz CT molecular complexity index is 844. The summed E-state index contributed by atoms with van der Waals surface area (Å²) in [4.78, 5) is 15.1. The lowest BCUT2D eigenvalue weighted by Gasteiger charge is -2.21. The molecule has 0 aliphatic heterocycles. The van der Waals surface area contributed by atoms with Crippen LogP contribution >= 0.6 is 11.6 Å². The molecule has 1 aliphatic carbocycles. The number of ether oxygens (including phenoxy) is 1. The van der Waals surface area contributed by atoms with Crippen LogP contribution in [0.2, 0.25) is 5.02 Å². The van der Waals surface area contributed by atoms with Crippen LogP contribution in [0.1, 0.15) is 39.9 Å². The van der Waals surface area contributed by atoms with Gasteiger partial charge in [0, 0.05) is 17.1 Å². The van der Waals surface area contributed by atoms with E-state index in [9.17, 15) is 4.79 Å². The van der Waals surface area contributed by atoms with Gasteiger partial charge in [-0.3, -0.25) is 4.79 Å². The van der Waals surface area contributed by atoms with Crippen LogP contribution in [-0.4, -0.2) is 38.1 Å². The van der Waals surface area contributed by atoms with Gasteiger partial charge in [0.1, 0.15) is 12.4 Å². The van der Waals surface area contributed by atoms with Crippen molar-refractivity contribution in [3.05, 3.63) is 63.7 Å². The summed E-state index contributed by atoms with van der Waals surface area (Å²) in [5.74, 6) is 0.631. The molecule has 0 spiro atoms. The lowest BCUT2D eigenvalue weighted by atomic mass is 10.0. The first-order valence-corrected chi connectivity index (χ1v) is 9.66. The van der Waals surface area contributed by atoms with E-state index in [0.29, 0.717) is 22.9 Å². The predicted octanol–water partition coefficient (Wildman–Crippen LogP) is 4.32. The summed E-state index contributed by atoms with van der Waals surface area (Å²) in [7, 11) is 4.01. The monoisotopic (exact) mass is 386 g/mol. The van der Waals surface area contributed by atoms with Gasteiger partial charge in [-0.15, -0.1) is 0 Å². The summed E-state index contributed by atoms with van der Waals surface area (Å²) >= 11 is 6.41. The second-order valence-electron chi connectivity index (χ2n) is 7.65. The Morgan fingerprint density at radius 3 is 2.59 bits per heavy atom. The first kappa shape index (κ1) is 19.7. The standard InChI is InChI=1S/C22H27ClN2O2/c1-15-5-8-20(23)19(13-15)22(9-10-22)24-21(26)18-14-17(7-6-16(18)2)27-12-11-25(3)4/h5-8,13-14H,9-12H2,1-4H3,(H,24,26). The molecule has 2 aromatic rings. The lowest BCUT2D eigenvalue weighted by molar-refractivity contribution is 0.0929. The smallest absolute Gasteiger partial charge is 0.252 e. The predicted molar refractivity (Wildman–Crippen MR) is 110 cm³/mol. The summed E-state index contributed by atoms with van der Waals surface area (Å²) in [6.07, 6.45) is 1.81. The normalized spacial score (nSPS) is 14.9. The first-order chi connectivity index (χ1) is 12.8. The fraction of sp³-hybridized carbons (Fsp3) is 0.409. The number of nitrogens with one attached hydrogen (secondary N) is 1. The quantitative estimate of drug-likeness (QED) is 0.770. The van der Waals surface area contributed by atoms with E-state index in [-0.39, 0.29) is 11.4 Å². The number of benzene rings is 2. The minimum atomic E-state index is -0.353. The zero-order valence-electron chi connectivity index (χ0n) is 16.4. The Morgan fingerprint density at radius 2 is 1.93 bits per heavy atom. The molecule has 1 amide bonds. The number of aryl methyl sites for hydroxylation is 2. The van der Waals surface area contributed by atoms with Crippen molar-refractivity contribution in [3.8, 4) is 5.75 Å². The number of hydrogen-bond acceptors (Lipinski definition) is 3. The number of rotatable bonds is 7. The van der Waals surface area contributed by atoms with Crippen molar-refractivity contribution < 1.29 is 9.53 Å². The minimum Gasteiger partial charge on any atom is -0.492 e. The van der Waals surface area contributed by atoms with E-state index in [1.807, 2.05) is 58.3 Å². The third-order valence-corrected chi connectivity index (χ3v) is 5.33. The molecule has 1 saturated carbocycles. The van der Waals surface area contributed by atoms with Crippen LogP contribution in [0.15, 0.2) is 36.4 Å². The molecule has 0 aromatic heterocycles. The lowest BCUT2D eigenvalue weighted by Crippen LogP contribution is -2.35. The van der Waals surface area contributed by atoms with Crippen molar-refractivity contribution in [1.82, 2.24) is 10.2 Å². The number of carbonyl (C=O) groups is 1. The van der Waals surface area contributed by atoms with Crippen LogP contribution in [0, 0.1) is 13.8 Å². The molecular formula is C22H27ClN2O2. The highest BCUT2D eigenvalue weighted by Gasteiger charge is 2.47. The van der Waals surface area contributed by atoms with E-state index < -0.39 is 0 Å². The fourth-order valence-electron chi connectivity index (χ4n) is 3.16. The molecule has 1 N–H and O–H groups in total. The van der Waals surface area contributed by atoms with Crippen LogP contribution in [-0.2, 0) is 5.54 Å². The highest BCUT2D eigenvalue weighted by Crippen LogP contribution is 2.48. The number of hydrogen-bond donors (Lipinski definition) is 1. The summed E-state index contributed by atoms with van der Waals surface area (Å²) < 4.78 is 5.79. The van der Waals surface area contributed by atoms with Gasteiger partial charge < -0.3 is 15.0 Å². The number of halogens is 1. The molecule has 3 rings (SSSR count). The summed E-state index contributed by atoms with van der Waals surface area (Å²) in [6, 6.07) is 11.6. The minimum absolute atomic E-state index is 0.0827. The summed E-state index contributed by atoms with van der Waals surface area (Å²) in [5, 5.41) is 3.93. The zero-order chi connectivity index (χ0) is 19.6. The Hall–Kier alpha value is -2.04. The van der Waals surface area contributed by atoms with Gasteiger partial charge in [0.05, 0.1) is 5.54 Å². The zero-order valence-corrected chi connectivity index (χ0v) is 17.2. The second-order valence-corrected chi connectivity index (χ2v) is 8.06. The van der Waals surface area contributed by atoms with Crippen molar-refractivity contribution in [2.45, 2.75) is 32.2 Å². The van der Waals surface area contributed by atoms with Crippen molar-refractivity contribution >= 4 is 17.5 Å². The van der Waals surface area contributed by atoms with Gasteiger partial charge in [-0.25, -0.2) is 0 Å². The van der Waals surface area contributed by atoms with Crippen LogP contribution < -0.4 is 10.1 Å². The molecule has 0 heterocycles. The average molecular weight is 387 g/mol. The van der Waals surface area contributed by atoms with Gasteiger partial charge in [-0.2, -0.15) is 0 Å². The van der Waals surface area contributed by atoms with Gasteiger partial charge >= 0.3 is 0 Å². The van der Waals surface area contributed by atoms with Gasteiger partial charge in [0.15, 0.2) is 0 Å². The number of amides is 1. The van der Waals surface area contributed by atoms with Crippen molar-refractivity contribution in [1.29, 1.82) is 0 Å². The molecule has 27 heavy (non-hydrogen) atoms. The molecule has 0 atom stereocenters. The molecule has 1 aliphatic rings. The van der Waals surface area contributed by atoms with E-state index in [2.05, 4.69) is 16.3 Å². The number of carbonyl (C=O) groups excluding carboxylic acids is 1. The third kappa shape index (κ3) is 4.63. The molecule has 2 aromatic carbocycles. The average Bonchev–Trinajstić information content (AvgIpc) is 3.38. The fourth-order valence-corrected chi connectivity index (χ4v) is 3.46. The van der Waals surface area contributed by atoms with Crippen molar-refractivity contribution in [2.24, 2.45) is 0 Å². The van der Waals surface area contributed by atoms with Crippen LogP contribution in [0.25, 0.3) is 0 Å². The topological polar surface area (TPSA) is 41.6 Å². The maximum absolute atomic E-state index is 13.0. The molecule has 1 fully saturated rings. The van der Waals surface area contributed by atoms with Gasteiger partial charge in [-0.05, 0) is 70.1 Å². The van der Waals surface area contributed by atoms with E-state index >= 15 is 0 Å². The van der Waals surface area contributed by atoms with Gasteiger partial charge in [-0.1, -0.05) is 35.4 Å². The number of nitrogens with zero attached hydrogens (tertiary/aromatic N) is 1. The Balaban J connectivity index is 1.77. The second kappa shape index (κ2) is 7.91. The molecule has 0 bridgehead atoms. The Kier molecular flexibility index (Phi) is 5.78. The van der Waals surface area contributed by atoms with Crippen LogP contribution in [0.5, 0.6) is 5.75 Å². The van der Waals surface area contributed by atoms with E-state index in [1.165, 1.54) is 0 Å². The SMILES string of the molecule is Cc1ccc(Cl)c(C2(NC(=O)c3cc(OCCN(C)C)ccc3C)CC2)c1. The maximum atomic E-state index is 13.0. The summed E-state index contributed by atoms with van der Waals surface area (Å²) in [6.45, 7) is 5.39. The molecule has 5 heteroatoms. The molecule has 0 saturated heterocycles. The summed E-state index contributed by atoms with van der Waals surface area (Å²) in [5.41, 5.74) is 3.37. The van der Waals surface area contributed by atoms with Gasteiger partial charge in [0.25, 0.3) is 5.91 Å². The van der Waals surface area contributed by atoms with E-state index in [4.69, 9.17) is 16.3 Å². The molecule has 144 valence electrons. The van der Waals surface area contributed by atoms with Crippen LogP contribution in [0.4, 0.5) is 0 Å². The van der Waals surface area contributed by atoms with Crippen LogP contribution in [0.3, 0.4) is 0 Å². The van der Waals surface area contributed by atoms with Gasteiger partial charge in [0.2, 0.25) is 0 Å². The first-order valence-electron chi connectivity index (χ1n) is 9.28. The highest BCUT2D eigenvalue weighted by atomic mass is 35.5. The van der Waals surface area contributed by atoms with E-state index in [0.717, 1.165) is 36.1 Å². The number of likely N-dealkylation sites (N-methyl/N-ethyl adjacent to an activating group) is 1. The molecule has 0 unspecified atom stereocenters. The van der Waals surface area contributed by atoms with Crippen molar-refractivity contribution in [3.63, 3.8) is 0 Å². The molecule has 0 radical (unpaired) electrons. The highest BCUT2D eigenvalue weighted by molar-refractivity contribution is 6.31. The maximum Gasteiger partial charge on any atom is 0.252 e. The Labute approximate surface area is 166 Å². The third-order valence-electron chi connectivity index (χ3n) is 5.00. The molecule has 4 nitrogen and oxygen atoms in total.